The molecule has 0 heterocycles. The second-order valence-corrected chi connectivity index (χ2v) is 9.71. The topological polar surface area (TPSA) is 108 Å². The highest BCUT2D eigenvalue weighted by Crippen LogP contribution is 2.05. The highest BCUT2D eigenvalue weighted by atomic mass is 35.5. The zero-order valence-electron chi connectivity index (χ0n) is 19.4. The third-order valence-electron chi connectivity index (χ3n) is 4.84. The summed E-state index contributed by atoms with van der Waals surface area (Å²) in [6, 6.07) is 0. The summed E-state index contributed by atoms with van der Waals surface area (Å²) in [6.45, 7) is 9.50. The maximum absolute atomic E-state index is 11.9. The lowest BCUT2D eigenvalue weighted by atomic mass is 10.1. The van der Waals surface area contributed by atoms with Gasteiger partial charge in [-0.05, 0) is 84.3 Å². The number of rotatable bonds is 24. The molecule has 0 aromatic heterocycles. The molecule has 6 N–H and O–H groups in total. The smallest absolute Gasteiger partial charge is 0.211 e. The summed E-state index contributed by atoms with van der Waals surface area (Å²) in [7, 11) is -3.09. The molecule has 0 spiro atoms. The van der Waals surface area contributed by atoms with E-state index in [1.54, 1.807) is 0 Å². The summed E-state index contributed by atoms with van der Waals surface area (Å²) >= 11 is 0. The van der Waals surface area contributed by atoms with E-state index in [1.807, 2.05) is 0 Å². The van der Waals surface area contributed by atoms with Crippen molar-refractivity contribution in [3.05, 3.63) is 0 Å². The van der Waals surface area contributed by atoms with E-state index < -0.39 is 10.0 Å². The van der Waals surface area contributed by atoms with Gasteiger partial charge in [-0.1, -0.05) is 39.0 Å². The minimum absolute atomic E-state index is 0. The SMILES string of the molecule is CCCCCCCCS(=O)(=O)NCCCNCCCNCCCCNCCCN.Cl. The molecule has 0 aromatic rings. The van der Waals surface area contributed by atoms with Crippen molar-refractivity contribution >= 4 is 22.4 Å². The first-order chi connectivity index (χ1) is 14.1. The van der Waals surface area contributed by atoms with Crippen LogP contribution in [0.2, 0.25) is 0 Å². The molecule has 0 rings (SSSR count). The second kappa shape index (κ2) is 25.3. The Hall–Kier alpha value is 0.0400. The van der Waals surface area contributed by atoms with Gasteiger partial charge in [0.05, 0.1) is 5.75 Å². The van der Waals surface area contributed by atoms with E-state index in [-0.39, 0.29) is 18.2 Å². The molecule has 0 saturated carbocycles. The summed E-state index contributed by atoms with van der Waals surface area (Å²) < 4.78 is 26.6. The first-order valence-corrected chi connectivity index (χ1v) is 13.6. The van der Waals surface area contributed by atoms with Crippen molar-refractivity contribution in [2.45, 2.75) is 77.6 Å². The standard InChI is InChI=1S/C21H49N5O2S.ClH/c1-2-3-4-5-6-9-21-29(27,28)26-20-12-19-25-18-11-17-24-15-8-7-14-23-16-10-13-22;/h23-26H,2-22H2,1H3;1H. The Kier molecular flexibility index (Phi) is 27.2. The van der Waals surface area contributed by atoms with Crippen LogP contribution >= 0.6 is 12.4 Å². The van der Waals surface area contributed by atoms with Crippen LogP contribution in [0.3, 0.4) is 0 Å². The maximum Gasteiger partial charge on any atom is 0.211 e. The molecule has 0 aliphatic rings. The van der Waals surface area contributed by atoms with Gasteiger partial charge >= 0.3 is 0 Å². The van der Waals surface area contributed by atoms with E-state index in [2.05, 4.69) is 27.6 Å². The van der Waals surface area contributed by atoms with Crippen LogP contribution in [0.15, 0.2) is 0 Å². The molecule has 7 nitrogen and oxygen atoms in total. The first-order valence-electron chi connectivity index (χ1n) is 11.9. The molecule has 0 saturated heterocycles. The minimum Gasteiger partial charge on any atom is -0.330 e. The third kappa shape index (κ3) is 26.1. The van der Waals surface area contributed by atoms with Crippen molar-refractivity contribution < 1.29 is 8.42 Å². The quantitative estimate of drug-likeness (QED) is 0.138. The molecule has 9 heteroatoms. The number of nitrogens with two attached hydrogens (primary N) is 1. The number of halogens is 1. The highest BCUT2D eigenvalue weighted by Gasteiger charge is 2.08. The summed E-state index contributed by atoms with van der Waals surface area (Å²) in [6.07, 6.45) is 12.0. The number of sulfonamides is 1. The summed E-state index contributed by atoms with van der Waals surface area (Å²) in [5.41, 5.74) is 5.45. The van der Waals surface area contributed by atoms with Gasteiger partial charge in [-0.2, -0.15) is 0 Å². The van der Waals surface area contributed by atoms with Crippen molar-refractivity contribution in [2.75, 3.05) is 58.1 Å². The van der Waals surface area contributed by atoms with Crippen molar-refractivity contribution in [3.8, 4) is 0 Å². The number of hydrogen-bond acceptors (Lipinski definition) is 6. The van der Waals surface area contributed by atoms with Crippen molar-refractivity contribution in [1.29, 1.82) is 0 Å². The number of hydrogen-bond donors (Lipinski definition) is 5. The Bertz CT molecular complexity index is 428. The van der Waals surface area contributed by atoms with Gasteiger partial charge in [0.15, 0.2) is 0 Å². The fraction of sp³-hybridized carbons (Fsp3) is 1.00. The summed E-state index contributed by atoms with van der Waals surface area (Å²) in [4.78, 5) is 0. The van der Waals surface area contributed by atoms with Gasteiger partial charge in [-0.15, -0.1) is 12.4 Å². The number of unbranched alkanes of at least 4 members (excludes halogenated alkanes) is 6. The van der Waals surface area contributed by atoms with E-state index in [4.69, 9.17) is 5.73 Å². The molecular weight excluding hydrogens is 422 g/mol. The Morgan fingerprint density at radius 2 is 1.07 bits per heavy atom. The Balaban J connectivity index is 0. The number of nitrogens with one attached hydrogen (secondary N) is 4. The monoisotopic (exact) mass is 471 g/mol. The Morgan fingerprint density at radius 3 is 1.63 bits per heavy atom. The van der Waals surface area contributed by atoms with Crippen molar-refractivity contribution in [2.24, 2.45) is 5.73 Å². The van der Waals surface area contributed by atoms with E-state index in [1.165, 1.54) is 32.1 Å². The Morgan fingerprint density at radius 1 is 0.600 bits per heavy atom. The van der Waals surface area contributed by atoms with Crippen LogP contribution in [-0.4, -0.2) is 66.5 Å². The molecular formula is C21H50ClN5O2S. The average Bonchev–Trinajstić information content (AvgIpc) is 2.70. The first kappa shape index (κ1) is 32.2. The predicted octanol–water partition coefficient (Wildman–Crippen LogP) is 2.37. The zero-order valence-corrected chi connectivity index (χ0v) is 21.0. The van der Waals surface area contributed by atoms with Crippen LogP contribution in [0.4, 0.5) is 0 Å². The second-order valence-electron chi connectivity index (χ2n) is 7.79. The Labute approximate surface area is 192 Å². The van der Waals surface area contributed by atoms with E-state index >= 15 is 0 Å². The van der Waals surface area contributed by atoms with Crippen molar-refractivity contribution in [1.82, 2.24) is 20.7 Å². The lowest BCUT2D eigenvalue weighted by molar-refractivity contribution is 0.548. The van der Waals surface area contributed by atoms with E-state index in [9.17, 15) is 8.42 Å². The molecule has 0 amide bonds. The van der Waals surface area contributed by atoms with E-state index in [0.717, 1.165) is 84.3 Å². The third-order valence-corrected chi connectivity index (χ3v) is 6.31. The summed E-state index contributed by atoms with van der Waals surface area (Å²) in [5.74, 6) is 0.266. The molecule has 184 valence electrons. The van der Waals surface area contributed by atoms with Crippen molar-refractivity contribution in [3.63, 3.8) is 0 Å². The predicted molar refractivity (Wildman–Crippen MR) is 133 cm³/mol. The molecule has 0 aliphatic heterocycles. The molecule has 0 atom stereocenters. The minimum atomic E-state index is -3.09. The average molecular weight is 472 g/mol. The lowest BCUT2D eigenvalue weighted by Gasteiger charge is -2.08. The molecule has 0 bridgehead atoms. The molecule has 0 aliphatic carbocycles. The molecule has 0 fully saturated rings. The highest BCUT2D eigenvalue weighted by molar-refractivity contribution is 7.89. The van der Waals surface area contributed by atoms with Crippen LogP contribution < -0.4 is 26.4 Å². The molecule has 30 heavy (non-hydrogen) atoms. The summed E-state index contributed by atoms with van der Waals surface area (Å²) in [5, 5.41) is 10.2. The van der Waals surface area contributed by atoms with Gasteiger partial charge < -0.3 is 21.7 Å². The van der Waals surface area contributed by atoms with Gasteiger partial charge in [-0.3, -0.25) is 0 Å². The van der Waals surface area contributed by atoms with Crippen LogP contribution in [-0.2, 0) is 10.0 Å². The van der Waals surface area contributed by atoms with Crippen LogP contribution in [0.1, 0.15) is 77.6 Å². The van der Waals surface area contributed by atoms with Gasteiger partial charge in [-0.25, -0.2) is 13.1 Å². The fourth-order valence-corrected chi connectivity index (χ4v) is 4.21. The fourth-order valence-electron chi connectivity index (χ4n) is 3.03. The van der Waals surface area contributed by atoms with Gasteiger partial charge in [0.1, 0.15) is 0 Å². The molecule has 0 unspecified atom stereocenters. The molecule has 0 aromatic carbocycles. The molecule has 0 radical (unpaired) electrons. The maximum atomic E-state index is 11.9. The normalized spacial score (nSPS) is 11.5. The largest absolute Gasteiger partial charge is 0.330 e. The van der Waals surface area contributed by atoms with Crippen LogP contribution in [0, 0.1) is 0 Å². The van der Waals surface area contributed by atoms with Gasteiger partial charge in [0.2, 0.25) is 10.0 Å². The van der Waals surface area contributed by atoms with Gasteiger partial charge in [0, 0.05) is 6.54 Å². The van der Waals surface area contributed by atoms with Gasteiger partial charge in [0.25, 0.3) is 0 Å². The zero-order chi connectivity index (χ0) is 21.5. The lowest BCUT2D eigenvalue weighted by Crippen LogP contribution is -2.30. The van der Waals surface area contributed by atoms with E-state index in [0.29, 0.717) is 6.54 Å². The van der Waals surface area contributed by atoms with Crippen LogP contribution in [0.25, 0.3) is 0 Å². The van der Waals surface area contributed by atoms with Crippen LogP contribution in [0.5, 0.6) is 0 Å².